The first-order valence-corrected chi connectivity index (χ1v) is 9.06. The largest absolute Gasteiger partial charge is 0.355 e. The molecule has 29 heavy (non-hydrogen) atoms. The Balaban J connectivity index is 0.000000319. The van der Waals surface area contributed by atoms with Crippen LogP contribution in [0.5, 0.6) is 0 Å². The molecule has 0 saturated carbocycles. The van der Waals surface area contributed by atoms with Gasteiger partial charge in [-0.05, 0) is 72.8 Å². The normalized spacial score (nSPS) is 11.9. The molecule has 8 bridgehead atoms. The van der Waals surface area contributed by atoms with E-state index in [0.29, 0.717) is 0 Å². The molecule has 0 spiro atoms. The zero-order valence-corrected chi connectivity index (χ0v) is 15.3. The van der Waals surface area contributed by atoms with Crippen molar-refractivity contribution in [3.63, 3.8) is 0 Å². The van der Waals surface area contributed by atoms with Crippen LogP contribution in [0.15, 0.2) is 65.6 Å². The van der Waals surface area contributed by atoms with Crippen molar-refractivity contribution in [3.05, 3.63) is 83.7 Å². The van der Waals surface area contributed by atoms with Crippen molar-refractivity contribution in [2.75, 3.05) is 0 Å². The van der Waals surface area contributed by atoms with Crippen molar-refractivity contribution in [2.45, 2.75) is 0 Å². The molecule has 0 aromatic carbocycles. The van der Waals surface area contributed by atoms with Crippen LogP contribution in [-0.4, -0.2) is 30.2 Å². The summed E-state index contributed by atoms with van der Waals surface area (Å²) in [7, 11) is 0. The lowest BCUT2D eigenvalue weighted by Crippen LogP contribution is -1.77. The number of hydrogen-bond donors (Lipinski definition) is 2. The van der Waals surface area contributed by atoms with Crippen LogP contribution in [0.25, 0.3) is 46.4 Å². The fourth-order valence-corrected chi connectivity index (χ4v) is 3.08. The highest BCUT2D eigenvalue weighted by molar-refractivity contribution is 5.77. The molecular weight excluding hydrogens is 364 g/mol. The second-order valence-electron chi connectivity index (χ2n) is 6.50. The monoisotopic (exact) mass is 380 g/mol. The second kappa shape index (κ2) is 7.40. The van der Waals surface area contributed by atoms with Gasteiger partial charge in [0.25, 0.3) is 0 Å². The van der Waals surface area contributed by atoms with Gasteiger partial charge >= 0.3 is 0 Å². The predicted molar refractivity (Wildman–Crippen MR) is 113 cm³/mol. The average Bonchev–Trinajstić information content (AvgIpc) is 3.50. The van der Waals surface area contributed by atoms with Crippen molar-refractivity contribution in [1.29, 1.82) is 0 Å². The van der Waals surface area contributed by atoms with E-state index in [1.54, 1.807) is 0 Å². The number of nitrogens with zero attached hydrogens (tertiary/aromatic N) is 4. The Morgan fingerprint density at radius 1 is 0.517 bits per heavy atom. The van der Waals surface area contributed by atoms with E-state index in [1.807, 2.05) is 42.5 Å². The van der Waals surface area contributed by atoms with Crippen molar-refractivity contribution in [3.8, 4) is 0 Å². The molecule has 0 saturated heterocycles. The van der Waals surface area contributed by atoms with Gasteiger partial charge < -0.3 is 9.97 Å². The minimum atomic E-state index is 0.915. The molecule has 140 valence electrons. The molecule has 0 amide bonds. The highest BCUT2D eigenvalue weighted by Crippen LogP contribution is 2.17. The number of nitrogens with one attached hydrogen (secondary N) is 2. The van der Waals surface area contributed by atoms with Crippen LogP contribution in [0.4, 0.5) is 0 Å². The van der Waals surface area contributed by atoms with E-state index in [2.05, 4.69) is 65.2 Å². The Morgan fingerprint density at radius 2 is 0.931 bits per heavy atom. The molecule has 6 heterocycles. The molecular formula is C22H16N6O. The third-order valence-corrected chi connectivity index (χ3v) is 4.32. The minimum Gasteiger partial charge on any atom is -0.355 e. The van der Waals surface area contributed by atoms with Crippen LogP contribution in [-0.2, 0) is 0 Å². The second-order valence-corrected chi connectivity index (χ2v) is 6.50. The minimum absolute atomic E-state index is 0.915. The molecule has 0 unspecified atom stereocenters. The summed E-state index contributed by atoms with van der Waals surface area (Å²) in [4.78, 5) is 16.0. The highest BCUT2D eigenvalue weighted by Gasteiger charge is 2.02. The molecule has 2 N–H and O–H groups in total. The highest BCUT2D eigenvalue weighted by atomic mass is 16.6. The van der Waals surface area contributed by atoms with Gasteiger partial charge in [0.05, 0.1) is 35.2 Å². The number of rotatable bonds is 0. The van der Waals surface area contributed by atoms with Crippen LogP contribution in [0.2, 0.25) is 0 Å². The van der Waals surface area contributed by atoms with Crippen LogP contribution >= 0.6 is 0 Å². The lowest BCUT2D eigenvalue weighted by atomic mass is 10.3. The van der Waals surface area contributed by atoms with Gasteiger partial charge in [-0.3, -0.25) is 0 Å². The SMILES string of the molecule is C1=Cc2cc3ccc(cc4ccc(cc5nc(cc1n2)C=C5)[nH]4)[nH]3.c1cnon1. The maximum Gasteiger partial charge on any atom is 0.0913 e. The summed E-state index contributed by atoms with van der Waals surface area (Å²) < 4.78 is 4.08. The topological polar surface area (TPSA) is 96.3 Å². The van der Waals surface area contributed by atoms with Crippen LogP contribution < -0.4 is 0 Å². The quantitative estimate of drug-likeness (QED) is 0.397. The molecule has 7 heteroatoms. The molecule has 4 aromatic heterocycles. The summed E-state index contributed by atoms with van der Waals surface area (Å²) in [6.45, 7) is 0. The average molecular weight is 380 g/mol. The van der Waals surface area contributed by atoms with E-state index >= 15 is 0 Å². The summed E-state index contributed by atoms with van der Waals surface area (Å²) in [5.74, 6) is 0. The van der Waals surface area contributed by atoms with E-state index in [-0.39, 0.29) is 0 Å². The number of fused-ring (bicyclic) bond motifs is 8. The zero-order valence-electron chi connectivity index (χ0n) is 15.3. The molecule has 6 rings (SSSR count). The molecule has 4 aromatic rings. The third kappa shape index (κ3) is 4.03. The van der Waals surface area contributed by atoms with Gasteiger partial charge in [0.1, 0.15) is 0 Å². The Morgan fingerprint density at radius 3 is 1.34 bits per heavy atom. The smallest absolute Gasteiger partial charge is 0.0913 e. The summed E-state index contributed by atoms with van der Waals surface area (Å²) in [5.41, 5.74) is 7.86. The number of hydrogen-bond acceptors (Lipinski definition) is 5. The van der Waals surface area contributed by atoms with E-state index in [9.17, 15) is 0 Å². The number of H-pyrrole nitrogens is 2. The maximum atomic E-state index is 4.62. The molecule has 2 aliphatic rings. The summed E-state index contributed by atoms with van der Waals surface area (Å²) >= 11 is 0. The fourth-order valence-electron chi connectivity index (χ4n) is 3.08. The van der Waals surface area contributed by atoms with Gasteiger partial charge in [0, 0.05) is 22.1 Å². The molecule has 0 atom stereocenters. The van der Waals surface area contributed by atoms with Gasteiger partial charge in [-0.15, -0.1) is 0 Å². The zero-order chi connectivity index (χ0) is 19.5. The van der Waals surface area contributed by atoms with Crippen LogP contribution in [0.3, 0.4) is 0 Å². The summed E-state index contributed by atoms with van der Waals surface area (Å²) in [6, 6.07) is 16.4. The van der Waals surface area contributed by atoms with E-state index < -0.39 is 0 Å². The van der Waals surface area contributed by atoms with Gasteiger partial charge in [0.2, 0.25) is 0 Å². The fraction of sp³-hybridized carbons (Fsp3) is 0. The predicted octanol–water partition coefficient (Wildman–Crippen LogP) is 4.73. The van der Waals surface area contributed by atoms with Crippen molar-refractivity contribution < 1.29 is 4.63 Å². The number of aromatic amines is 2. The van der Waals surface area contributed by atoms with Gasteiger partial charge in [-0.1, -0.05) is 10.3 Å². The first-order chi connectivity index (χ1) is 14.3. The Bertz CT molecular complexity index is 1250. The molecule has 7 nitrogen and oxygen atoms in total. The van der Waals surface area contributed by atoms with Crippen LogP contribution in [0.1, 0.15) is 22.8 Å². The Kier molecular flexibility index (Phi) is 4.31. The standard InChI is InChI=1S/C20H14N4.C2H2N2O/c1-2-14-10-16-5-6-18(23-16)12-20-8-7-19(24-20)11-17-4-3-15(22-17)9-13(1)21-14;1-2-4-5-3-1/h1-12,21-22H;1-2H. The summed E-state index contributed by atoms with van der Waals surface area (Å²) in [6.07, 6.45) is 11.0. The van der Waals surface area contributed by atoms with E-state index in [1.165, 1.54) is 12.4 Å². The molecule has 2 aliphatic heterocycles. The molecule has 0 aliphatic carbocycles. The Hall–Kier alpha value is -4.26. The van der Waals surface area contributed by atoms with Crippen LogP contribution in [0, 0.1) is 0 Å². The molecule has 0 radical (unpaired) electrons. The lowest BCUT2D eigenvalue weighted by molar-refractivity contribution is 0.307. The first kappa shape index (κ1) is 16.9. The molecule has 0 fully saturated rings. The van der Waals surface area contributed by atoms with Crippen molar-refractivity contribution >= 4 is 46.4 Å². The van der Waals surface area contributed by atoms with Crippen molar-refractivity contribution in [2.24, 2.45) is 0 Å². The lowest BCUT2D eigenvalue weighted by Gasteiger charge is -1.86. The van der Waals surface area contributed by atoms with Gasteiger partial charge in [-0.25, -0.2) is 14.6 Å². The van der Waals surface area contributed by atoms with E-state index in [4.69, 9.17) is 0 Å². The first-order valence-electron chi connectivity index (χ1n) is 9.06. The van der Waals surface area contributed by atoms with Gasteiger partial charge in [-0.2, -0.15) is 0 Å². The van der Waals surface area contributed by atoms with E-state index in [0.717, 1.165) is 44.8 Å². The Labute approximate surface area is 165 Å². The summed E-state index contributed by atoms with van der Waals surface area (Å²) in [5, 5.41) is 6.47. The van der Waals surface area contributed by atoms with Crippen molar-refractivity contribution in [1.82, 2.24) is 30.2 Å². The maximum absolute atomic E-state index is 4.62. The third-order valence-electron chi connectivity index (χ3n) is 4.32. The number of aromatic nitrogens is 6. The van der Waals surface area contributed by atoms with Gasteiger partial charge in [0.15, 0.2) is 0 Å².